The minimum atomic E-state index is 0. The van der Waals surface area contributed by atoms with Crippen LogP contribution in [0.25, 0.3) is 21.6 Å². The average molecular weight is 612 g/mol. The number of aromatic nitrogens is 4. The van der Waals surface area contributed by atoms with Gasteiger partial charge in [0, 0.05) is 67.2 Å². The van der Waals surface area contributed by atoms with E-state index in [1.165, 1.54) is 10.4 Å². The van der Waals surface area contributed by atoms with Gasteiger partial charge in [0.05, 0.1) is 12.0 Å². The summed E-state index contributed by atoms with van der Waals surface area (Å²) in [4.78, 5) is 20.6. The van der Waals surface area contributed by atoms with Crippen molar-refractivity contribution in [1.29, 1.82) is 0 Å². The second-order valence-electron chi connectivity index (χ2n) is 6.81. The van der Waals surface area contributed by atoms with Gasteiger partial charge in [0.2, 0.25) is 0 Å². The van der Waals surface area contributed by atoms with E-state index in [4.69, 9.17) is 0 Å². The zero-order valence-corrected chi connectivity index (χ0v) is 22.2. The van der Waals surface area contributed by atoms with Crippen LogP contribution in [0.1, 0.15) is 50.3 Å². The van der Waals surface area contributed by atoms with Gasteiger partial charge in [0.15, 0.2) is 11.9 Å². The number of hydrogen-bond donors (Lipinski definition) is 0. The third-order valence-electron chi connectivity index (χ3n) is 4.29. The molecule has 0 N–H and O–H groups in total. The Morgan fingerprint density at radius 3 is 2.32 bits per heavy atom. The van der Waals surface area contributed by atoms with Crippen molar-refractivity contribution < 1.29 is 37.1 Å². The maximum absolute atomic E-state index is 10.4. The summed E-state index contributed by atoms with van der Waals surface area (Å²) in [5.41, 5.74) is 3.87. The molecule has 0 amide bonds. The number of pyridine rings is 1. The topological polar surface area (TPSA) is 52.7 Å². The number of nitrogens with zero attached hydrogens (tertiary/aromatic N) is 4. The Morgan fingerprint density at radius 1 is 1.00 bits per heavy atom. The molecule has 0 bridgehead atoms. The molecule has 143 valence electrons. The molecule has 0 unspecified atom stereocenters. The van der Waals surface area contributed by atoms with E-state index >= 15 is 0 Å². The minimum absolute atomic E-state index is 0. The summed E-state index contributed by atoms with van der Waals surface area (Å²) in [7, 11) is 0. The first-order chi connectivity index (χ1) is 13.0. The van der Waals surface area contributed by atoms with E-state index in [-0.39, 0.29) is 32.3 Å². The molecule has 0 aliphatic carbocycles. The molecule has 0 aromatic carbocycles. The van der Waals surface area contributed by atoms with Crippen LogP contribution in [-0.2, 0) is 0 Å². The van der Waals surface area contributed by atoms with Crippen LogP contribution < -0.4 is 0 Å². The van der Waals surface area contributed by atoms with E-state index in [0.29, 0.717) is 12.1 Å². The fourth-order valence-corrected chi connectivity index (χ4v) is 3.67. The van der Waals surface area contributed by atoms with Gasteiger partial charge in [-0.25, -0.2) is 9.97 Å². The van der Waals surface area contributed by atoms with E-state index in [0.717, 1.165) is 23.1 Å². The van der Waals surface area contributed by atoms with Gasteiger partial charge in [-0.3, -0.25) is 4.79 Å². The van der Waals surface area contributed by atoms with Gasteiger partial charge in [-0.1, -0.05) is 6.07 Å². The number of imidazole rings is 1. The molecule has 5 nitrogen and oxygen atoms in total. The molecule has 0 saturated heterocycles. The van der Waals surface area contributed by atoms with Crippen molar-refractivity contribution in [2.24, 2.45) is 0 Å². The van der Waals surface area contributed by atoms with Crippen molar-refractivity contribution in [3.63, 3.8) is 0 Å². The number of hydrogen-bond acceptors (Lipinski definition) is 4. The minimum Gasteiger partial charge on any atom is -0.343 e. The summed E-state index contributed by atoms with van der Waals surface area (Å²) in [6, 6.07) is 10.7. The van der Waals surface area contributed by atoms with E-state index in [2.05, 4.69) is 45.9 Å². The van der Waals surface area contributed by atoms with Gasteiger partial charge in [-0.2, -0.15) is 0 Å². The summed E-state index contributed by atoms with van der Waals surface area (Å²) < 4.78 is 4.04. The summed E-state index contributed by atoms with van der Waals surface area (Å²) in [5, 5.41) is 2.08. The zero-order valence-electron chi connectivity index (χ0n) is 16.6. The molecule has 0 aliphatic rings. The number of aldehydes is 1. The van der Waals surface area contributed by atoms with E-state index in [9.17, 15) is 4.79 Å². The molecule has 7 heteroatoms. The summed E-state index contributed by atoms with van der Waals surface area (Å²) in [6.07, 6.45) is 6.52. The van der Waals surface area contributed by atoms with Gasteiger partial charge >= 0.3 is 0 Å². The molecule has 28 heavy (non-hydrogen) atoms. The van der Waals surface area contributed by atoms with Crippen molar-refractivity contribution in [2.75, 3.05) is 0 Å². The van der Waals surface area contributed by atoms with Crippen molar-refractivity contribution in [1.82, 2.24) is 19.1 Å². The SMILES string of the molecule is CC(C)n1cccc1C=O.CC(C)n1cnc2c(-c3cccs3)ccnc21.[Pa]. The summed E-state index contributed by atoms with van der Waals surface area (Å²) in [5.74, 6) is 0. The molecule has 0 spiro atoms. The Bertz CT molecular complexity index is 1020. The van der Waals surface area contributed by atoms with E-state index in [1.807, 2.05) is 55.3 Å². The van der Waals surface area contributed by atoms with Crippen molar-refractivity contribution in [3.8, 4) is 10.4 Å². The molecular formula is C21H24N4OPaS. The molecule has 4 aromatic heterocycles. The van der Waals surface area contributed by atoms with E-state index in [1.54, 1.807) is 11.3 Å². The first-order valence-electron chi connectivity index (χ1n) is 9.00. The van der Waals surface area contributed by atoms with E-state index < -0.39 is 0 Å². The average Bonchev–Trinajstić information content (AvgIpc) is 3.40. The number of carbonyl (C=O) groups excluding carboxylic acids is 1. The predicted molar refractivity (Wildman–Crippen MR) is 111 cm³/mol. The van der Waals surface area contributed by atoms with Gasteiger partial charge in [-0.05, 0) is 57.3 Å². The molecule has 4 rings (SSSR count). The number of rotatable bonds is 4. The molecule has 0 saturated carbocycles. The second kappa shape index (κ2) is 10.2. The van der Waals surface area contributed by atoms with Crippen molar-refractivity contribution >= 4 is 28.8 Å². The van der Waals surface area contributed by atoms with Crippen LogP contribution >= 0.6 is 11.3 Å². The molecule has 0 atom stereocenters. The molecule has 4 aromatic rings. The summed E-state index contributed by atoms with van der Waals surface area (Å²) >= 11 is 1.73. The smallest absolute Gasteiger partial charge is 0.166 e. The molecule has 1 radical (unpaired) electrons. The monoisotopic (exact) mass is 611 g/mol. The van der Waals surface area contributed by atoms with Gasteiger partial charge in [0.25, 0.3) is 0 Å². The van der Waals surface area contributed by atoms with Crippen molar-refractivity contribution in [3.05, 3.63) is 60.1 Å². The first kappa shape index (κ1) is 22.6. The fraction of sp³-hybridized carbons (Fsp3) is 0.286. The van der Waals surface area contributed by atoms with Crippen LogP contribution in [0.5, 0.6) is 0 Å². The zero-order chi connectivity index (χ0) is 19.4. The van der Waals surface area contributed by atoms with Gasteiger partial charge < -0.3 is 9.13 Å². The normalized spacial score (nSPS) is 10.6. The Hall–Kier alpha value is -1.64. The Kier molecular flexibility index (Phi) is 8.27. The second-order valence-corrected chi connectivity index (χ2v) is 7.75. The standard InChI is InChI=1S/C13H13N3S.C8H11NO.Pa/c1-9(2)16-8-15-12-10(5-6-14-13(12)16)11-4-3-7-17-11;1-7(2)9-5-3-4-8(9)6-10;/h3-9H,1-2H3;3-7H,1-2H3;. The maximum atomic E-state index is 10.4. The van der Waals surface area contributed by atoms with Gasteiger partial charge in [-0.15, -0.1) is 11.3 Å². The van der Waals surface area contributed by atoms with Crippen LogP contribution in [0.3, 0.4) is 0 Å². The number of thiophene rings is 1. The van der Waals surface area contributed by atoms with Crippen LogP contribution in [0.4, 0.5) is 0 Å². The van der Waals surface area contributed by atoms with Crippen LogP contribution in [0.15, 0.2) is 54.4 Å². The van der Waals surface area contributed by atoms with Crippen LogP contribution in [0, 0.1) is 32.3 Å². The van der Waals surface area contributed by atoms with Crippen LogP contribution in [0.2, 0.25) is 0 Å². The Labute approximate surface area is 194 Å². The summed E-state index contributed by atoms with van der Waals surface area (Å²) in [6.45, 7) is 8.38. The number of fused-ring (bicyclic) bond motifs is 1. The molecular weight excluding hydrogens is 587 g/mol. The Balaban J connectivity index is 0.000000221. The largest absolute Gasteiger partial charge is 0.343 e. The third-order valence-corrected chi connectivity index (χ3v) is 5.20. The van der Waals surface area contributed by atoms with Crippen molar-refractivity contribution in [2.45, 2.75) is 39.8 Å². The van der Waals surface area contributed by atoms with Crippen LogP contribution in [-0.4, -0.2) is 25.4 Å². The quantitative estimate of drug-likeness (QED) is 0.282. The van der Waals surface area contributed by atoms with Gasteiger partial charge in [0.1, 0.15) is 5.52 Å². The Morgan fingerprint density at radius 2 is 1.75 bits per heavy atom. The molecule has 0 fully saturated rings. The first-order valence-corrected chi connectivity index (χ1v) is 9.88. The maximum Gasteiger partial charge on any atom is 0.166 e. The molecule has 0 aliphatic heterocycles. The fourth-order valence-electron chi connectivity index (χ4n) is 2.92. The predicted octanol–water partition coefficient (Wildman–Crippen LogP) is 5.62. The molecule has 4 heterocycles. The number of carbonyl (C=O) groups is 1. The third kappa shape index (κ3) is 4.85.